The van der Waals surface area contributed by atoms with Gasteiger partial charge in [-0.05, 0) is 38.5 Å². The lowest BCUT2D eigenvalue weighted by molar-refractivity contribution is -0.137. The number of unbranched alkanes of at least 4 members (excludes halogenated alkanes) is 11. The molecule has 0 aliphatic heterocycles. The van der Waals surface area contributed by atoms with E-state index in [1.165, 1.54) is 57.8 Å². The van der Waals surface area contributed by atoms with Crippen LogP contribution in [0.15, 0.2) is 24.3 Å². The number of carboxylic acids is 1. The molecule has 0 aromatic heterocycles. The summed E-state index contributed by atoms with van der Waals surface area (Å²) in [7, 11) is 0. The van der Waals surface area contributed by atoms with E-state index in [-0.39, 0.29) is 6.10 Å². The summed E-state index contributed by atoms with van der Waals surface area (Å²) < 4.78 is 0. The maximum absolute atomic E-state index is 10.4. The Morgan fingerprint density at radius 2 is 1.37 bits per heavy atom. The normalized spacial score (nSPS) is 13.0. The number of allylic oxidation sites excluding steroid dienone is 3. The summed E-state index contributed by atoms with van der Waals surface area (Å²) in [4.78, 5) is 10.4. The third-order valence-corrected chi connectivity index (χ3v) is 4.92. The summed E-state index contributed by atoms with van der Waals surface area (Å²) in [6.45, 7) is 2.25. The van der Waals surface area contributed by atoms with E-state index in [0.717, 1.165) is 44.9 Å². The molecule has 3 nitrogen and oxygen atoms in total. The van der Waals surface area contributed by atoms with Crippen LogP contribution in [0.4, 0.5) is 0 Å². The zero-order chi connectivity index (χ0) is 20.0. The quantitative estimate of drug-likeness (QED) is 0.173. The Morgan fingerprint density at radius 3 is 2.07 bits per heavy atom. The minimum Gasteiger partial charge on any atom is -0.481 e. The number of rotatable bonds is 20. The van der Waals surface area contributed by atoms with E-state index in [0.29, 0.717) is 6.42 Å². The van der Waals surface area contributed by atoms with E-state index in [1.807, 2.05) is 0 Å². The lowest BCUT2D eigenvalue weighted by atomic mass is 10.0. The number of aliphatic carboxylic acids is 1. The molecule has 0 aromatic carbocycles. The minimum absolute atomic E-state index is 0.209. The highest BCUT2D eigenvalue weighted by Gasteiger charge is 2.01. The van der Waals surface area contributed by atoms with Crippen LogP contribution in [-0.4, -0.2) is 22.3 Å². The molecular formula is C24H44O3. The summed E-state index contributed by atoms with van der Waals surface area (Å²) >= 11 is 0. The Labute approximate surface area is 168 Å². The predicted octanol–water partition coefficient (Wildman–Crippen LogP) is 7.20. The molecule has 1 unspecified atom stereocenters. The molecule has 0 bridgehead atoms. The van der Waals surface area contributed by atoms with Gasteiger partial charge in [0, 0.05) is 6.42 Å². The van der Waals surface area contributed by atoms with Crippen LogP contribution >= 0.6 is 0 Å². The van der Waals surface area contributed by atoms with Crippen molar-refractivity contribution >= 4 is 5.97 Å². The second kappa shape index (κ2) is 21.2. The maximum Gasteiger partial charge on any atom is 0.303 e. The van der Waals surface area contributed by atoms with Crippen molar-refractivity contribution in [3.8, 4) is 0 Å². The summed E-state index contributed by atoms with van der Waals surface area (Å²) in [5.74, 6) is -0.688. The van der Waals surface area contributed by atoms with Crippen LogP contribution in [0, 0.1) is 0 Å². The molecule has 0 heterocycles. The molecule has 0 saturated heterocycles. The van der Waals surface area contributed by atoms with Crippen molar-refractivity contribution in [1.82, 2.24) is 0 Å². The van der Waals surface area contributed by atoms with Crippen LogP contribution in [0.1, 0.15) is 116 Å². The highest BCUT2D eigenvalue weighted by Crippen LogP contribution is 2.12. The van der Waals surface area contributed by atoms with Gasteiger partial charge in [-0.2, -0.15) is 0 Å². The smallest absolute Gasteiger partial charge is 0.303 e. The fraction of sp³-hybridized carbons (Fsp3) is 0.792. The fourth-order valence-corrected chi connectivity index (χ4v) is 3.17. The first-order chi connectivity index (χ1) is 13.2. The van der Waals surface area contributed by atoms with Crippen molar-refractivity contribution in [2.24, 2.45) is 0 Å². The minimum atomic E-state index is -0.688. The van der Waals surface area contributed by atoms with E-state index in [9.17, 15) is 9.90 Å². The Hall–Kier alpha value is -1.09. The van der Waals surface area contributed by atoms with Crippen LogP contribution in [0.2, 0.25) is 0 Å². The van der Waals surface area contributed by atoms with E-state index in [4.69, 9.17) is 5.11 Å². The number of aliphatic hydroxyl groups is 1. The van der Waals surface area contributed by atoms with Crippen molar-refractivity contribution in [1.29, 1.82) is 0 Å². The van der Waals surface area contributed by atoms with Crippen molar-refractivity contribution in [3.63, 3.8) is 0 Å². The molecule has 0 spiro atoms. The number of hydrogen-bond acceptors (Lipinski definition) is 2. The standard InChI is InChI=1S/C24H44O3/c1-2-3-4-5-6-7-8-9-11-14-17-20-23(25)21-18-15-12-10-13-16-19-22-24(26)27/h8-9,14,17,23,25H,2-7,10-13,15-16,18-22H2,1H3,(H,26,27). The van der Waals surface area contributed by atoms with Crippen molar-refractivity contribution < 1.29 is 15.0 Å². The lowest BCUT2D eigenvalue weighted by Gasteiger charge is -2.07. The number of carboxylic acid groups (broad SMARTS) is 1. The first-order valence-corrected chi connectivity index (χ1v) is 11.4. The fourth-order valence-electron chi connectivity index (χ4n) is 3.17. The average Bonchev–Trinajstić information content (AvgIpc) is 2.64. The van der Waals surface area contributed by atoms with Gasteiger partial charge in [0.25, 0.3) is 0 Å². The summed E-state index contributed by atoms with van der Waals surface area (Å²) in [6.07, 6.45) is 27.0. The molecule has 0 rings (SSSR count). The van der Waals surface area contributed by atoms with Gasteiger partial charge in [-0.3, -0.25) is 4.79 Å². The van der Waals surface area contributed by atoms with Gasteiger partial charge in [0.2, 0.25) is 0 Å². The number of carbonyl (C=O) groups is 1. The maximum atomic E-state index is 10.4. The van der Waals surface area contributed by atoms with Crippen LogP contribution in [0.3, 0.4) is 0 Å². The van der Waals surface area contributed by atoms with Gasteiger partial charge in [0.05, 0.1) is 6.10 Å². The lowest BCUT2D eigenvalue weighted by Crippen LogP contribution is -2.04. The van der Waals surface area contributed by atoms with Crippen LogP contribution < -0.4 is 0 Å². The Bertz CT molecular complexity index is 374. The van der Waals surface area contributed by atoms with Gasteiger partial charge >= 0.3 is 5.97 Å². The molecule has 0 radical (unpaired) electrons. The summed E-state index contributed by atoms with van der Waals surface area (Å²) in [6, 6.07) is 0. The van der Waals surface area contributed by atoms with E-state index in [2.05, 4.69) is 31.2 Å². The van der Waals surface area contributed by atoms with Crippen molar-refractivity contribution in [2.45, 2.75) is 122 Å². The Morgan fingerprint density at radius 1 is 0.778 bits per heavy atom. The van der Waals surface area contributed by atoms with Crippen molar-refractivity contribution in [3.05, 3.63) is 24.3 Å². The Kier molecular flexibility index (Phi) is 20.4. The largest absolute Gasteiger partial charge is 0.481 e. The van der Waals surface area contributed by atoms with Crippen molar-refractivity contribution in [2.75, 3.05) is 0 Å². The highest BCUT2D eigenvalue weighted by atomic mass is 16.4. The van der Waals surface area contributed by atoms with Gasteiger partial charge in [0.1, 0.15) is 0 Å². The number of hydrogen-bond donors (Lipinski definition) is 2. The second-order valence-electron chi connectivity index (χ2n) is 7.68. The first-order valence-electron chi connectivity index (χ1n) is 11.4. The van der Waals surface area contributed by atoms with Gasteiger partial charge < -0.3 is 10.2 Å². The molecule has 0 amide bonds. The molecule has 0 fully saturated rings. The predicted molar refractivity (Wildman–Crippen MR) is 116 cm³/mol. The molecule has 158 valence electrons. The topological polar surface area (TPSA) is 57.5 Å². The van der Waals surface area contributed by atoms with E-state index < -0.39 is 5.97 Å². The van der Waals surface area contributed by atoms with Crippen LogP contribution in [0.25, 0.3) is 0 Å². The van der Waals surface area contributed by atoms with Gasteiger partial charge in [-0.1, -0.05) is 95.4 Å². The van der Waals surface area contributed by atoms with Crippen LogP contribution in [0.5, 0.6) is 0 Å². The zero-order valence-electron chi connectivity index (χ0n) is 17.7. The molecule has 0 aliphatic carbocycles. The van der Waals surface area contributed by atoms with Gasteiger partial charge in [-0.25, -0.2) is 0 Å². The Balaban J connectivity index is 3.34. The second-order valence-corrected chi connectivity index (χ2v) is 7.68. The molecule has 1 atom stereocenters. The first kappa shape index (κ1) is 25.9. The molecule has 0 aliphatic rings. The molecule has 2 N–H and O–H groups in total. The average molecular weight is 381 g/mol. The molecular weight excluding hydrogens is 336 g/mol. The van der Waals surface area contributed by atoms with E-state index in [1.54, 1.807) is 0 Å². The molecule has 3 heteroatoms. The SMILES string of the molecule is CCCCCCCC=CCC=CCC(O)CCCCCCCCCC(=O)O. The summed E-state index contributed by atoms with van der Waals surface area (Å²) in [5.41, 5.74) is 0. The van der Waals surface area contributed by atoms with Gasteiger partial charge in [0.15, 0.2) is 0 Å². The van der Waals surface area contributed by atoms with E-state index >= 15 is 0 Å². The van der Waals surface area contributed by atoms with Crippen LogP contribution in [-0.2, 0) is 4.79 Å². The molecule has 0 aromatic rings. The highest BCUT2D eigenvalue weighted by molar-refractivity contribution is 5.66. The third-order valence-electron chi connectivity index (χ3n) is 4.92. The molecule has 27 heavy (non-hydrogen) atoms. The monoisotopic (exact) mass is 380 g/mol. The number of aliphatic hydroxyl groups excluding tert-OH is 1. The zero-order valence-corrected chi connectivity index (χ0v) is 17.7. The van der Waals surface area contributed by atoms with Gasteiger partial charge in [-0.15, -0.1) is 0 Å². The molecule has 0 saturated carbocycles. The summed E-state index contributed by atoms with van der Waals surface area (Å²) in [5, 5.41) is 18.6. The third kappa shape index (κ3) is 22.9.